The molecule has 0 radical (unpaired) electrons. The zero-order chi connectivity index (χ0) is 11.4. The predicted molar refractivity (Wildman–Crippen MR) is 69.4 cm³/mol. The quantitative estimate of drug-likeness (QED) is 0.674. The topological polar surface area (TPSA) is 0 Å². The Bertz CT molecular complexity index is 518. The van der Waals surface area contributed by atoms with E-state index in [2.05, 4.69) is 18.1 Å². The molecule has 1 heteroatoms. The van der Waals surface area contributed by atoms with E-state index >= 15 is 0 Å². The van der Waals surface area contributed by atoms with Crippen LogP contribution in [0.3, 0.4) is 0 Å². The van der Waals surface area contributed by atoms with Crippen molar-refractivity contribution >= 4 is 11.6 Å². The Kier molecular flexibility index (Phi) is 3.29. The summed E-state index contributed by atoms with van der Waals surface area (Å²) < 4.78 is 0. The van der Waals surface area contributed by atoms with Gasteiger partial charge in [0.2, 0.25) is 0 Å². The Morgan fingerprint density at radius 2 is 1.69 bits per heavy atom. The van der Waals surface area contributed by atoms with Crippen LogP contribution in [-0.2, 0) is 6.42 Å². The Morgan fingerprint density at radius 1 is 1.00 bits per heavy atom. The lowest BCUT2D eigenvalue weighted by Crippen LogP contribution is -1.87. The largest absolute Gasteiger partial charge is 0.120 e. The second kappa shape index (κ2) is 4.88. The van der Waals surface area contributed by atoms with Crippen molar-refractivity contribution in [2.45, 2.75) is 6.42 Å². The third kappa shape index (κ3) is 2.27. The minimum Gasteiger partial charge on any atom is -0.120 e. The highest BCUT2D eigenvalue weighted by Gasteiger charge is 2.02. The van der Waals surface area contributed by atoms with E-state index in [1.807, 2.05) is 36.4 Å². The van der Waals surface area contributed by atoms with Crippen LogP contribution in [0.15, 0.2) is 48.5 Å². The van der Waals surface area contributed by atoms with Crippen LogP contribution in [0.25, 0.3) is 11.1 Å². The van der Waals surface area contributed by atoms with Crippen molar-refractivity contribution in [1.29, 1.82) is 0 Å². The lowest BCUT2D eigenvalue weighted by molar-refractivity contribution is 1.32. The molecule has 2 rings (SSSR count). The molecular formula is C15H11Cl. The summed E-state index contributed by atoms with van der Waals surface area (Å²) in [5.74, 6) is 2.68. The molecule has 0 fully saturated rings. The second-order valence-corrected chi connectivity index (χ2v) is 3.98. The van der Waals surface area contributed by atoms with Crippen molar-refractivity contribution < 1.29 is 0 Å². The Balaban J connectivity index is 2.47. The van der Waals surface area contributed by atoms with Crippen LogP contribution in [0.2, 0.25) is 5.02 Å². The molecule has 0 saturated carbocycles. The first-order valence-electron chi connectivity index (χ1n) is 5.08. The van der Waals surface area contributed by atoms with Crippen LogP contribution in [0.5, 0.6) is 0 Å². The van der Waals surface area contributed by atoms with Gasteiger partial charge in [0, 0.05) is 11.4 Å². The summed E-state index contributed by atoms with van der Waals surface area (Å²) in [6.07, 6.45) is 6.01. The Hall–Kier alpha value is -1.71. The fraction of sp³-hybridized carbons (Fsp3) is 0.0667. The van der Waals surface area contributed by atoms with E-state index in [0.29, 0.717) is 6.42 Å². The van der Waals surface area contributed by atoms with Gasteiger partial charge in [0.1, 0.15) is 0 Å². The normalized spacial score (nSPS) is 9.75. The predicted octanol–water partition coefficient (Wildman–Crippen LogP) is 4.18. The highest BCUT2D eigenvalue weighted by molar-refractivity contribution is 6.30. The summed E-state index contributed by atoms with van der Waals surface area (Å²) in [6.45, 7) is 0. The Labute approximate surface area is 101 Å². The third-order valence-corrected chi connectivity index (χ3v) is 2.72. The van der Waals surface area contributed by atoms with Crippen LogP contribution < -0.4 is 0 Å². The molecule has 0 aromatic heterocycles. The summed E-state index contributed by atoms with van der Waals surface area (Å²) in [7, 11) is 0. The Morgan fingerprint density at radius 3 is 2.38 bits per heavy atom. The van der Waals surface area contributed by atoms with E-state index < -0.39 is 0 Å². The van der Waals surface area contributed by atoms with Crippen LogP contribution in [0.1, 0.15) is 5.56 Å². The zero-order valence-electron chi connectivity index (χ0n) is 8.78. The number of hydrogen-bond donors (Lipinski definition) is 0. The van der Waals surface area contributed by atoms with Crippen molar-refractivity contribution in [2.24, 2.45) is 0 Å². The molecule has 2 aromatic rings. The van der Waals surface area contributed by atoms with Crippen LogP contribution in [0.4, 0.5) is 0 Å². The molecule has 2 aromatic carbocycles. The smallest absolute Gasteiger partial charge is 0.0406 e. The molecule has 0 N–H and O–H groups in total. The summed E-state index contributed by atoms with van der Waals surface area (Å²) in [4.78, 5) is 0. The van der Waals surface area contributed by atoms with E-state index in [4.69, 9.17) is 18.0 Å². The van der Waals surface area contributed by atoms with E-state index in [-0.39, 0.29) is 0 Å². The molecule has 0 unspecified atom stereocenters. The van der Waals surface area contributed by atoms with Crippen LogP contribution in [0, 0.1) is 12.3 Å². The fourth-order valence-electron chi connectivity index (χ4n) is 1.70. The summed E-state index contributed by atoms with van der Waals surface area (Å²) >= 11 is 5.87. The first-order valence-corrected chi connectivity index (χ1v) is 5.46. The standard InChI is InChI=1S/C15H11Cl/c1-2-5-12-6-3-4-7-15(12)13-8-10-14(16)11-9-13/h1,3-4,6-11H,5H2. The van der Waals surface area contributed by atoms with Gasteiger partial charge in [-0.1, -0.05) is 48.0 Å². The molecule has 0 aliphatic rings. The van der Waals surface area contributed by atoms with Crippen LogP contribution in [-0.4, -0.2) is 0 Å². The van der Waals surface area contributed by atoms with E-state index in [1.54, 1.807) is 0 Å². The van der Waals surface area contributed by atoms with E-state index in [0.717, 1.165) is 10.6 Å². The van der Waals surface area contributed by atoms with Crippen LogP contribution >= 0.6 is 11.6 Å². The number of terminal acetylenes is 1. The molecule has 16 heavy (non-hydrogen) atoms. The molecule has 0 heterocycles. The number of benzene rings is 2. The molecule has 0 aliphatic heterocycles. The molecule has 0 aliphatic carbocycles. The van der Waals surface area contributed by atoms with Gasteiger partial charge in [-0.15, -0.1) is 12.3 Å². The molecular weight excluding hydrogens is 216 g/mol. The molecule has 0 atom stereocenters. The second-order valence-electron chi connectivity index (χ2n) is 3.54. The van der Waals surface area contributed by atoms with Crippen molar-refractivity contribution in [3.05, 3.63) is 59.1 Å². The van der Waals surface area contributed by atoms with Gasteiger partial charge in [0.25, 0.3) is 0 Å². The first kappa shape index (κ1) is 10.8. The maximum Gasteiger partial charge on any atom is 0.0406 e. The lowest BCUT2D eigenvalue weighted by Gasteiger charge is -2.07. The van der Waals surface area contributed by atoms with Gasteiger partial charge in [-0.3, -0.25) is 0 Å². The molecule has 0 bridgehead atoms. The minimum absolute atomic E-state index is 0.652. The third-order valence-electron chi connectivity index (χ3n) is 2.47. The van der Waals surface area contributed by atoms with Crippen molar-refractivity contribution in [2.75, 3.05) is 0 Å². The maximum atomic E-state index is 5.87. The highest BCUT2D eigenvalue weighted by atomic mass is 35.5. The van der Waals surface area contributed by atoms with Gasteiger partial charge in [-0.2, -0.15) is 0 Å². The zero-order valence-corrected chi connectivity index (χ0v) is 9.54. The molecule has 0 spiro atoms. The van der Waals surface area contributed by atoms with E-state index in [9.17, 15) is 0 Å². The molecule has 0 amide bonds. The maximum absolute atomic E-state index is 5.87. The average Bonchev–Trinajstić information content (AvgIpc) is 2.32. The summed E-state index contributed by atoms with van der Waals surface area (Å²) in [5, 5.41) is 0.748. The van der Waals surface area contributed by atoms with Gasteiger partial charge >= 0.3 is 0 Å². The van der Waals surface area contributed by atoms with Gasteiger partial charge < -0.3 is 0 Å². The molecule has 0 nitrogen and oxygen atoms in total. The number of halogens is 1. The number of hydrogen-bond acceptors (Lipinski definition) is 0. The average molecular weight is 227 g/mol. The number of rotatable bonds is 2. The highest BCUT2D eigenvalue weighted by Crippen LogP contribution is 2.25. The summed E-state index contributed by atoms with van der Waals surface area (Å²) in [6, 6.07) is 16.0. The lowest BCUT2D eigenvalue weighted by atomic mass is 9.98. The van der Waals surface area contributed by atoms with Crippen molar-refractivity contribution in [3.8, 4) is 23.5 Å². The monoisotopic (exact) mass is 226 g/mol. The van der Waals surface area contributed by atoms with Gasteiger partial charge in [0.15, 0.2) is 0 Å². The van der Waals surface area contributed by atoms with Crippen molar-refractivity contribution in [3.63, 3.8) is 0 Å². The minimum atomic E-state index is 0.652. The van der Waals surface area contributed by atoms with Gasteiger partial charge in [-0.05, 0) is 28.8 Å². The SMILES string of the molecule is C#CCc1ccccc1-c1ccc(Cl)cc1. The van der Waals surface area contributed by atoms with Crippen molar-refractivity contribution in [1.82, 2.24) is 0 Å². The molecule has 78 valence electrons. The van der Waals surface area contributed by atoms with Gasteiger partial charge in [-0.25, -0.2) is 0 Å². The molecule has 0 saturated heterocycles. The van der Waals surface area contributed by atoms with E-state index in [1.165, 1.54) is 11.1 Å². The first-order chi connectivity index (χ1) is 7.81. The van der Waals surface area contributed by atoms with Gasteiger partial charge in [0.05, 0.1) is 0 Å². The fourth-order valence-corrected chi connectivity index (χ4v) is 1.82. The summed E-state index contributed by atoms with van der Waals surface area (Å²) in [5.41, 5.74) is 3.50.